The first-order valence-electron chi connectivity index (χ1n) is 8.07. The second kappa shape index (κ2) is 7.80. The molecule has 1 amide bonds. The fourth-order valence-corrected chi connectivity index (χ4v) is 4.50. The maximum absolute atomic E-state index is 12.8. The number of benzene rings is 2. The molecule has 7 heteroatoms. The fourth-order valence-electron chi connectivity index (χ4n) is 2.85. The zero-order valence-electron chi connectivity index (χ0n) is 13.9. The van der Waals surface area contributed by atoms with Crippen LogP contribution in [0.1, 0.15) is 15.4 Å². The number of amides is 1. The first-order valence-corrected chi connectivity index (χ1v) is 10.5. The maximum atomic E-state index is 12.8. The minimum Gasteiger partial charge on any atom is -0.350 e. The summed E-state index contributed by atoms with van der Waals surface area (Å²) in [6.07, 6.45) is 1.63. The zero-order chi connectivity index (χ0) is 18.8. The van der Waals surface area contributed by atoms with Crippen molar-refractivity contribution in [2.45, 2.75) is 0 Å². The van der Waals surface area contributed by atoms with Gasteiger partial charge in [-0.1, -0.05) is 46.3 Å². The lowest BCUT2D eigenvalue weighted by Gasteiger charge is -2.04. The summed E-state index contributed by atoms with van der Waals surface area (Å²) in [5.74, 6) is -0.284. The Hall–Kier alpha value is -2.22. The lowest BCUT2D eigenvalue weighted by molar-refractivity contribution is 0.0951. The van der Waals surface area contributed by atoms with E-state index in [1.807, 2.05) is 60.7 Å². The van der Waals surface area contributed by atoms with Crippen LogP contribution in [-0.2, 0) is 0 Å². The SMILES string of the molecule is O=C(N/N=C/c1ccc(Br)s1)c1[nH]c2ccc(Br)cc2c1-c1ccccc1. The van der Waals surface area contributed by atoms with Crippen LogP contribution in [0.2, 0.25) is 0 Å². The van der Waals surface area contributed by atoms with E-state index in [1.54, 1.807) is 17.6 Å². The van der Waals surface area contributed by atoms with E-state index in [-0.39, 0.29) is 5.91 Å². The van der Waals surface area contributed by atoms with Crippen LogP contribution >= 0.6 is 43.2 Å². The predicted octanol–water partition coefficient (Wildman–Crippen LogP) is 6.19. The third kappa shape index (κ3) is 3.90. The van der Waals surface area contributed by atoms with E-state index in [0.29, 0.717) is 5.69 Å². The van der Waals surface area contributed by atoms with Crippen LogP contribution < -0.4 is 5.43 Å². The highest BCUT2D eigenvalue weighted by Gasteiger charge is 2.19. The molecule has 0 fully saturated rings. The number of carbonyl (C=O) groups is 1. The Morgan fingerprint density at radius 1 is 1.07 bits per heavy atom. The molecular weight excluding hydrogens is 490 g/mol. The molecule has 4 rings (SSSR count). The van der Waals surface area contributed by atoms with Crippen LogP contribution in [0.4, 0.5) is 0 Å². The van der Waals surface area contributed by atoms with E-state index < -0.39 is 0 Å². The number of hydrazone groups is 1. The van der Waals surface area contributed by atoms with Gasteiger partial charge in [-0.2, -0.15) is 5.10 Å². The molecule has 0 aliphatic heterocycles. The predicted molar refractivity (Wildman–Crippen MR) is 119 cm³/mol. The average molecular weight is 503 g/mol. The Morgan fingerprint density at radius 2 is 1.89 bits per heavy atom. The van der Waals surface area contributed by atoms with Gasteiger partial charge in [-0.25, -0.2) is 5.43 Å². The summed E-state index contributed by atoms with van der Waals surface area (Å²) >= 11 is 8.47. The molecule has 0 saturated carbocycles. The number of nitrogens with zero attached hydrogens (tertiary/aromatic N) is 1. The number of hydrogen-bond acceptors (Lipinski definition) is 3. The van der Waals surface area contributed by atoms with E-state index in [9.17, 15) is 4.79 Å². The molecule has 4 nitrogen and oxygen atoms in total. The van der Waals surface area contributed by atoms with Crippen LogP contribution in [0.25, 0.3) is 22.0 Å². The fraction of sp³-hybridized carbons (Fsp3) is 0. The molecule has 4 aromatic rings. The Balaban J connectivity index is 1.72. The van der Waals surface area contributed by atoms with Gasteiger partial charge in [0.15, 0.2) is 0 Å². The quantitative estimate of drug-likeness (QED) is 0.254. The summed E-state index contributed by atoms with van der Waals surface area (Å²) in [7, 11) is 0. The number of halogens is 2. The van der Waals surface area contributed by atoms with E-state index in [1.165, 1.54) is 0 Å². The molecule has 0 saturated heterocycles. The Bertz CT molecular complexity index is 1150. The second-order valence-electron chi connectivity index (χ2n) is 5.77. The molecule has 134 valence electrons. The summed E-state index contributed by atoms with van der Waals surface area (Å²) in [5.41, 5.74) is 5.83. The number of rotatable bonds is 4. The van der Waals surface area contributed by atoms with Crippen molar-refractivity contribution in [3.8, 4) is 11.1 Å². The highest BCUT2D eigenvalue weighted by Crippen LogP contribution is 2.34. The van der Waals surface area contributed by atoms with Crippen LogP contribution in [0.15, 0.2) is 74.0 Å². The summed E-state index contributed by atoms with van der Waals surface area (Å²) < 4.78 is 1.97. The van der Waals surface area contributed by atoms with Crippen molar-refractivity contribution in [3.05, 3.63) is 79.5 Å². The molecule has 0 aliphatic carbocycles. The minimum absolute atomic E-state index is 0.284. The molecule has 0 aliphatic rings. The number of nitrogens with one attached hydrogen (secondary N) is 2. The lowest BCUT2D eigenvalue weighted by Crippen LogP contribution is -2.18. The molecule has 2 aromatic carbocycles. The van der Waals surface area contributed by atoms with Gasteiger partial charge in [-0.15, -0.1) is 11.3 Å². The molecule has 0 spiro atoms. The van der Waals surface area contributed by atoms with Crippen molar-refractivity contribution < 1.29 is 4.79 Å². The second-order valence-corrected chi connectivity index (χ2v) is 9.18. The van der Waals surface area contributed by atoms with Gasteiger partial charge in [-0.05, 0) is 51.8 Å². The molecule has 0 unspecified atom stereocenters. The Kier molecular flexibility index (Phi) is 5.24. The number of aromatic nitrogens is 1. The highest BCUT2D eigenvalue weighted by atomic mass is 79.9. The van der Waals surface area contributed by atoms with Crippen molar-refractivity contribution in [1.29, 1.82) is 0 Å². The van der Waals surface area contributed by atoms with Gasteiger partial charge in [-0.3, -0.25) is 4.79 Å². The highest BCUT2D eigenvalue weighted by molar-refractivity contribution is 9.11. The molecule has 0 radical (unpaired) electrons. The first kappa shape index (κ1) is 18.2. The van der Waals surface area contributed by atoms with Gasteiger partial charge < -0.3 is 4.98 Å². The molecule has 27 heavy (non-hydrogen) atoms. The average Bonchev–Trinajstić information content (AvgIpc) is 3.25. The number of hydrogen-bond donors (Lipinski definition) is 2. The molecule has 2 aromatic heterocycles. The van der Waals surface area contributed by atoms with Crippen LogP contribution in [-0.4, -0.2) is 17.1 Å². The van der Waals surface area contributed by atoms with Crippen molar-refractivity contribution in [2.75, 3.05) is 0 Å². The van der Waals surface area contributed by atoms with Gasteiger partial charge in [0.2, 0.25) is 0 Å². The number of fused-ring (bicyclic) bond motifs is 1. The van der Waals surface area contributed by atoms with E-state index >= 15 is 0 Å². The van der Waals surface area contributed by atoms with Crippen LogP contribution in [0.3, 0.4) is 0 Å². The van der Waals surface area contributed by atoms with Crippen molar-refractivity contribution in [1.82, 2.24) is 10.4 Å². The lowest BCUT2D eigenvalue weighted by atomic mass is 10.0. The van der Waals surface area contributed by atoms with Gasteiger partial charge >= 0.3 is 0 Å². The topological polar surface area (TPSA) is 57.2 Å². The van der Waals surface area contributed by atoms with Crippen molar-refractivity contribution >= 4 is 66.2 Å². The number of aromatic amines is 1. The van der Waals surface area contributed by atoms with Gasteiger partial charge in [0.1, 0.15) is 5.69 Å². The van der Waals surface area contributed by atoms with Gasteiger partial charge in [0.05, 0.1) is 10.0 Å². The van der Waals surface area contributed by atoms with Crippen LogP contribution in [0, 0.1) is 0 Å². The summed E-state index contributed by atoms with van der Waals surface area (Å²) in [6, 6.07) is 19.6. The third-order valence-electron chi connectivity index (χ3n) is 4.00. The normalized spacial score (nSPS) is 11.3. The van der Waals surface area contributed by atoms with Crippen molar-refractivity contribution in [3.63, 3.8) is 0 Å². The monoisotopic (exact) mass is 501 g/mol. The first-order chi connectivity index (χ1) is 13.1. The van der Waals surface area contributed by atoms with E-state index in [4.69, 9.17) is 0 Å². The largest absolute Gasteiger partial charge is 0.350 e. The number of thiophene rings is 1. The Labute approximate surface area is 176 Å². The van der Waals surface area contributed by atoms with E-state index in [2.05, 4.69) is 47.4 Å². The Morgan fingerprint density at radius 3 is 2.63 bits per heavy atom. The van der Waals surface area contributed by atoms with Crippen molar-refractivity contribution in [2.24, 2.45) is 5.10 Å². The van der Waals surface area contributed by atoms with Gasteiger partial charge in [0, 0.05) is 25.8 Å². The van der Waals surface area contributed by atoms with E-state index in [0.717, 1.165) is 35.2 Å². The maximum Gasteiger partial charge on any atom is 0.288 e. The molecular formula is C20H13Br2N3OS. The van der Waals surface area contributed by atoms with Crippen LogP contribution in [0.5, 0.6) is 0 Å². The zero-order valence-corrected chi connectivity index (χ0v) is 17.9. The number of H-pyrrole nitrogens is 1. The smallest absolute Gasteiger partial charge is 0.288 e. The summed E-state index contributed by atoms with van der Waals surface area (Å²) in [4.78, 5) is 17.0. The standard InChI is InChI=1S/C20H13Br2N3OS/c21-13-6-8-16-15(10-13)18(12-4-2-1-3-5-12)19(24-16)20(26)25-23-11-14-7-9-17(22)27-14/h1-11,24H,(H,25,26)/b23-11+. The molecule has 2 heterocycles. The molecule has 0 bridgehead atoms. The molecule has 2 N–H and O–H groups in total. The summed E-state index contributed by atoms with van der Waals surface area (Å²) in [6.45, 7) is 0. The molecule has 0 atom stereocenters. The van der Waals surface area contributed by atoms with Gasteiger partial charge in [0.25, 0.3) is 5.91 Å². The summed E-state index contributed by atoms with van der Waals surface area (Å²) in [5, 5.41) is 5.07. The third-order valence-corrected chi connectivity index (χ3v) is 6.05. The number of carbonyl (C=O) groups excluding carboxylic acids is 1. The minimum atomic E-state index is -0.284.